The van der Waals surface area contributed by atoms with Crippen molar-refractivity contribution in [2.24, 2.45) is 29.6 Å². The van der Waals surface area contributed by atoms with Crippen LogP contribution in [0.15, 0.2) is 0 Å². The van der Waals surface area contributed by atoms with Crippen molar-refractivity contribution >= 4 is 8.32 Å². The van der Waals surface area contributed by atoms with E-state index < -0.39 is 14.1 Å². The fraction of sp³-hybridized carbons (Fsp3) is 0.923. The minimum absolute atomic E-state index is 0.00119. The fourth-order valence-corrected chi connectivity index (χ4v) is 7.55. The van der Waals surface area contributed by atoms with Gasteiger partial charge in [-0.15, -0.1) is 0 Å². The number of fused-ring (bicyclic) bond motifs is 2. The van der Waals surface area contributed by atoms with Crippen LogP contribution in [-0.2, 0) is 13.9 Å². The summed E-state index contributed by atoms with van der Waals surface area (Å²) in [5.74, 6) is 8.34. The lowest BCUT2D eigenvalue weighted by Gasteiger charge is -2.61. The molecule has 0 unspecified atom stereocenters. The molecule has 4 fully saturated rings. The summed E-state index contributed by atoms with van der Waals surface area (Å²) in [6.45, 7) is 15.2. The molecule has 0 radical (unpaired) electrons. The van der Waals surface area contributed by atoms with E-state index in [0.717, 1.165) is 12.8 Å². The molecule has 0 bridgehead atoms. The normalized spacial score (nSPS) is 36.9. The lowest BCUT2D eigenvalue weighted by atomic mass is 9.50. The fourth-order valence-electron chi connectivity index (χ4n) is 6.31. The Balaban J connectivity index is 1.56. The maximum atomic E-state index is 10.9. The van der Waals surface area contributed by atoms with Crippen molar-refractivity contribution in [2.75, 3.05) is 13.2 Å². The van der Waals surface area contributed by atoms with Crippen molar-refractivity contribution in [1.82, 2.24) is 0 Å². The maximum absolute atomic E-state index is 10.9. The molecule has 3 saturated carbocycles. The van der Waals surface area contributed by atoms with Gasteiger partial charge in [0, 0.05) is 11.8 Å². The molecular weight excluding hydrogens is 404 g/mol. The molecule has 4 nitrogen and oxygen atoms in total. The Morgan fingerprint density at radius 1 is 1.03 bits per heavy atom. The third-order valence-electron chi connectivity index (χ3n) is 9.23. The molecule has 1 spiro atoms. The first-order chi connectivity index (χ1) is 14.6. The van der Waals surface area contributed by atoms with Crippen LogP contribution in [0.2, 0.25) is 18.1 Å². The van der Waals surface area contributed by atoms with Gasteiger partial charge in [-0.3, -0.25) is 0 Å². The van der Waals surface area contributed by atoms with Gasteiger partial charge in [-0.2, -0.15) is 0 Å². The first-order valence-electron chi connectivity index (χ1n) is 12.7. The molecule has 0 aromatic heterocycles. The number of hydrogen-bond donors (Lipinski definition) is 1. The van der Waals surface area contributed by atoms with Crippen molar-refractivity contribution in [1.29, 1.82) is 0 Å². The zero-order valence-corrected chi connectivity index (χ0v) is 21.6. The van der Waals surface area contributed by atoms with Crippen LogP contribution in [0.1, 0.15) is 72.6 Å². The van der Waals surface area contributed by atoms with E-state index >= 15 is 0 Å². The standard InChI is InChI=1S/C26H44O4Si/c1-18-24-20(22(27)14-13-21(24)26(18)28-16-17-29-26)12-15-23(19-10-8-7-9-11-19)30-31(5,6)25(2,3)4/h18-24,27H,7-11,13-14,16-17H2,1-6H3/t18-,20+,21+,22-,23-,24-/m1/s1. The van der Waals surface area contributed by atoms with Gasteiger partial charge in [-0.25, -0.2) is 0 Å². The number of aliphatic hydroxyl groups excluding tert-OH is 1. The molecule has 176 valence electrons. The molecular formula is C26H44O4Si. The average Bonchev–Trinajstić information content (AvgIpc) is 3.24. The van der Waals surface area contributed by atoms with Crippen molar-refractivity contribution < 1.29 is 19.0 Å². The van der Waals surface area contributed by atoms with Gasteiger partial charge >= 0.3 is 0 Å². The maximum Gasteiger partial charge on any atom is 0.193 e. The molecule has 0 aromatic rings. The van der Waals surface area contributed by atoms with Gasteiger partial charge < -0.3 is 19.0 Å². The number of hydrogen-bond acceptors (Lipinski definition) is 4. The highest BCUT2D eigenvalue weighted by atomic mass is 28.4. The third-order valence-corrected chi connectivity index (χ3v) is 13.7. The van der Waals surface area contributed by atoms with E-state index in [2.05, 4.69) is 52.6 Å². The Morgan fingerprint density at radius 3 is 2.29 bits per heavy atom. The predicted molar refractivity (Wildman–Crippen MR) is 126 cm³/mol. The molecule has 31 heavy (non-hydrogen) atoms. The van der Waals surface area contributed by atoms with Crippen LogP contribution >= 0.6 is 0 Å². The van der Waals surface area contributed by atoms with Crippen LogP contribution in [-0.4, -0.2) is 44.6 Å². The smallest absolute Gasteiger partial charge is 0.193 e. The van der Waals surface area contributed by atoms with Crippen molar-refractivity contribution in [3.8, 4) is 11.8 Å². The average molecular weight is 449 g/mol. The van der Waals surface area contributed by atoms with Crippen LogP contribution in [0.5, 0.6) is 0 Å². The largest absolute Gasteiger partial charge is 0.403 e. The van der Waals surface area contributed by atoms with Crippen LogP contribution in [0.25, 0.3) is 0 Å². The minimum atomic E-state index is -1.92. The highest BCUT2D eigenvalue weighted by Crippen LogP contribution is 2.61. The van der Waals surface area contributed by atoms with E-state index in [4.69, 9.17) is 13.9 Å². The highest BCUT2D eigenvalue weighted by molar-refractivity contribution is 6.74. The topological polar surface area (TPSA) is 47.9 Å². The lowest BCUT2D eigenvalue weighted by molar-refractivity contribution is -0.334. The van der Waals surface area contributed by atoms with Gasteiger partial charge in [0.15, 0.2) is 14.1 Å². The van der Waals surface area contributed by atoms with Gasteiger partial charge in [-0.05, 0) is 55.7 Å². The molecule has 1 aliphatic heterocycles. The second-order valence-electron chi connectivity index (χ2n) is 12.0. The summed E-state index contributed by atoms with van der Waals surface area (Å²) in [6, 6.07) is 0. The van der Waals surface area contributed by atoms with Crippen molar-refractivity contribution in [2.45, 2.75) is 109 Å². The van der Waals surface area contributed by atoms with Crippen LogP contribution < -0.4 is 0 Å². The van der Waals surface area contributed by atoms with E-state index in [1.165, 1.54) is 32.1 Å². The summed E-state index contributed by atoms with van der Waals surface area (Å²) >= 11 is 0. The van der Waals surface area contributed by atoms with E-state index in [1.807, 2.05) is 0 Å². The molecule has 5 heteroatoms. The lowest BCUT2D eigenvalue weighted by Crippen LogP contribution is -2.67. The first kappa shape index (κ1) is 23.8. The number of ether oxygens (including phenoxy) is 2. The second-order valence-corrected chi connectivity index (χ2v) is 16.8. The molecule has 1 saturated heterocycles. The Hall–Kier alpha value is -0.383. The zero-order valence-electron chi connectivity index (χ0n) is 20.6. The number of rotatable bonds is 3. The number of aliphatic hydroxyl groups is 1. The summed E-state index contributed by atoms with van der Waals surface area (Å²) in [5.41, 5.74) is 0. The molecule has 4 rings (SSSR count). The SMILES string of the molecule is C[C@@H]1[C@@H]2[C@@H](C#C[C@@H](O[Si](C)(C)C(C)(C)C)C3CCCCC3)[C@H](O)CC[C@@H]2C12OCCO2. The monoisotopic (exact) mass is 448 g/mol. The predicted octanol–water partition coefficient (Wildman–Crippen LogP) is 5.36. The molecule has 6 atom stereocenters. The van der Waals surface area contributed by atoms with Crippen LogP contribution in [0, 0.1) is 41.4 Å². The van der Waals surface area contributed by atoms with Crippen LogP contribution in [0.3, 0.4) is 0 Å². The Morgan fingerprint density at radius 2 is 1.68 bits per heavy atom. The second kappa shape index (κ2) is 8.76. The molecule has 0 aromatic carbocycles. The van der Waals surface area contributed by atoms with E-state index in [1.54, 1.807) is 0 Å². The quantitative estimate of drug-likeness (QED) is 0.467. The molecule has 1 N–H and O–H groups in total. The molecule has 1 heterocycles. The minimum Gasteiger partial charge on any atom is -0.403 e. The summed E-state index contributed by atoms with van der Waals surface area (Å²) in [5, 5.41) is 11.1. The van der Waals surface area contributed by atoms with Crippen molar-refractivity contribution in [3.63, 3.8) is 0 Å². The first-order valence-corrected chi connectivity index (χ1v) is 15.6. The Kier molecular flexibility index (Phi) is 6.72. The van der Waals surface area contributed by atoms with Crippen LogP contribution in [0.4, 0.5) is 0 Å². The zero-order chi connectivity index (χ0) is 22.4. The summed E-state index contributed by atoms with van der Waals surface area (Å²) in [4.78, 5) is 0. The highest BCUT2D eigenvalue weighted by Gasteiger charge is 2.67. The van der Waals surface area contributed by atoms with Gasteiger partial charge in [0.1, 0.15) is 6.10 Å². The molecule has 4 aliphatic rings. The van der Waals surface area contributed by atoms with Crippen molar-refractivity contribution in [3.05, 3.63) is 0 Å². The van der Waals surface area contributed by atoms with Gasteiger partial charge in [0.2, 0.25) is 0 Å². The summed E-state index contributed by atoms with van der Waals surface area (Å²) in [7, 11) is -1.92. The van der Waals surface area contributed by atoms with E-state index in [0.29, 0.717) is 31.0 Å². The van der Waals surface area contributed by atoms with E-state index in [-0.39, 0.29) is 29.1 Å². The van der Waals surface area contributed by atoms with Gasteiger partial charge in [0.05, 0.1) is 25.2 Å². The molecule has 0 amide bonds. The summed E-state index contributed by atoms with van der Waals surface area (Å²) in [6.07, 6.45) is 7.75. The molecule has 3 aliphatic carbocycles. The third kappa shape index (κ3) is 4.28. The van der Waals surface area contributed by atoms with Gasteiger partial charge in [0.25, 0.3) is 0 Å². The van der Waals surface area contributed by atoms with E-state index in [9.17, 15) is 5.11 Å². The van der Waals surface area contributed by atoms with Gasteiger partial charge in [-0.1, -0.05) is 58.8 Å². The summed E-state index contributed by atoms with van der Waals surface area (Å²) < 4.78 is 19.1. The Bertz CT molecular complexity index is 690. The Labute approximate surface area is 190 Å².